The molecular weight excluding hydrogens is 219 g/mol. The van der Waals surface area contributed by atoms with E-state index in [1.165, 1.54) is 6.20 Å². The van der Waals surface area contributed by atoms with Gasteiger partial charge in [-0.3, -0.25) is 0 Å². The van der Waals surface area contributed by atoms with Crippen LogP contribution in [0.15, 0.2) is 18.3 Å². The lowest BCUT2D eigenvalue weighted by Gasteiger charge is -2.27. The van der Waals surface area contributed by atoms with Crippen LogP contribution in [0, 0.1) is 0 Å². The summed E-state index contributed by atoms with van der Waals surface area (Å²) in [5, 5.41) is 4.13. The molecule has 0 amide bonds. The van der Waals surface area contributed by atoms with Crippen molar-refractivity contribution in [2.45, 2.75) is 6.18 Å². The summed E-state index contributed by atoms with van der Waals surface area (Å²) in [5.41, 5.74) is -0.653. The van der Waals surface area contributed by atoms with Gasteiger partial charge in [0.2, 0.25) is 0 Å². The van der Waals surface area contributed by atoms with Crippen molar-refractivity contribution in [2.75, 3.05) is 31.1 Å². The molecule has 1 aromatic heterocycles. The monoisotopic (exact) mass is 230 g/mol. The number of alkyl halides is 3. The average molecular weight is 230 g/mol. The van der Waals surface area contributed by atoms with Gasteiger partial charge >= 0.3 is 6.18 Å². The molecule has 16 heavy (non-hydrogen) atoms. The number of pyridine rings is 1. The van der Waals surface area contributed by atoms with E-state index in [1.54, 1.807) is 0 Å². The summed E-state index contributed by atoms with van der Waals surface area (Å²) in [6.07, 6.45) is -3.11. The van der Waals surface area contributed by atoms with Gasteiger partial charge in [0, 0.05) is 32.4 Å². The van der Waals surface area contributed by atoms with Gasteiger partial charge in [-0.05, 0) is 12.1 Å². The Labute approximate surface area is 91.3 Å². The normalized spacial score (nSPS) is 17.6. The molecule has 2 heterocycles. The minimum Gasteiger partial charge on any atom is -0.354 e. The van der Waals surface area contributed by atoms with Gasteiger partial charge in [-0.25, -0.2) is 10.3 Å². The van der Waals surface area contributed by atoms with Crippen LogP contribution < -0.4 is 10.2 Å². The van der Waals surface area contributed by atoms with E-state index >= 15 is 0 Å². The molecule has 0 spiro atoms. The fourth-order valence-electron chi connectivity index (χ4n) is 1.60. The van der Waals surface area contributed by atoms with Crippen LogP contribution in [-0.2, 0) is 6.18 Å². The number of rotatable bonds is 1. The number of anilines is 1. The van der Waals surface area contributed by atoms with E-state index in [0.29, 0.717) is 32.0 Å². The molecule has 0 N–H and O–H groups in total. The molecule has 0 aromatic carbocycles. The van der Waals surface area contributed by atoms with Crippen LogP contribution in [0.5, 0.6) is 0 Å². The van der Waals surface area contributed by atoms with Gasteiger partial charge in [0.15, 0.2) is 0 Å². The first-order valence-corrected chi connectivity index (χ1v) is 4.99. The van der Waals surface area contributed by atoms with Crippen LogP contribution in [0.1, 0.15) is 5.56 Å². The highest BCUT2D eigenvalue weighted by molar-refractivity contribution is 5.42. The molecule has 1 aliphatic rings. The van der Waals surface area contributed by atoms with Gasteiger partial charge in [0.05, 0.1) is 5.56 Å². The molecule has 3 nitrogen and oxygen atoms in total. The SMILES string of the molecule is FC(F)(F)c1ccnc(N2CC[N]CC2)c1. The quantitative estimate of drug-likeness (QED) is 0.732. The maximum absolute atomic E-state index is 12.5. The van der Waals surface area contributed by atoms with Crippen LogP contribution >= 0.6 is 0 Å². The molecule has 1 saturated heterocycles. The van der Waals surface area contributed by atoms with Crippen molar-refractivity contribution in [3.63, 3.8) is 0 Å². The summed E-state index contributed by atoms with van der Waals surface area (Å²) in [5.74, 6) is 0.379. The smallest absolute Gasteiger partial charge is 0.354 e. The van der Waals surface area contributed by atoms with Crippen LogP contribution in [0.3, 0.4) is 0 Å². The summed E-state index contributed by atoms with van der Waals surface area (Å²) in [7, 11) is 0. The van der Waals surface area contributed by atoms with Crippen LogP contribution in [0.2, 0.25) is 0 Å². The number of hydrogen-bond donors (Lipinski definition) is 0. The molecule has 0 aliphatic carbocycles. The van der Waals surface area contributed by atoms with Crippen LogP contribution in [0.4, 0.5) is 19.0 Å². The average Bonchev–Trinajstić information content (AvgIpc) is 2.29. The van der Waals surface area contributed by atoms with Gasteiger partial charge < -0.3 is 4.90 Å². The Morgan fingerprint density at radius 2 is 1.88 bits per heavy atom. The fourth-order valence-corrected chi connectivity index (χ4v) is 1.60. The van der Waals surface area contributed by atoms with E-state index in [-0.39, 0.29) is 0 Å². The molecule has 0 saturated carbocycles. The minimum absolute atomic E-state index is 0.379. The van der Waals surface area contributed by atoms with E-state index < -0.39 is 11.7 Å². The molecule has 2 rings (SSSR count). The second-order valence-electron chi connectivity index (χ2n) is 3.56. The van der Waals surface area contributed by atoms with Gasteiger partial charge in [0.1, 0.15) is 5.82 Å². The zero-order valence-electron chi connectivity index (χ0n) is 8.54. The first-order valence-electron chi connectivity index (χ1n) is 4.99. The van der Waals surface area contributed by atoms with Crippen molar-refractivity contribution < 1.29 is 13.2 Å². The van der Waals surface area contributed by atoms with Gasteiger partial charge in [-0.2, -0.15) is 13.2 Å². The van der Waals surface area contributed by atoms with Crippen molar-refractivity contribution in [3.8, 4) is 0 Å². The fraction of sp³-hybridized carbons (Fsp3) is 0.500. The van der Waals surface area contributed by atoms with Crippen molar-refractivity contribution in [2.24, 2.45) is 0 Å². The minimum atomic E-state index is -4.31. The van der Waals surface area contributed by atoms with E-state index in [4.69, 9.17) is 0 Å². The van der Waals surface area contributed by atoms with Gasteiger partial charge in [-0.15, -0.1) is 0 Å². The predicted octanol–water partition coefficient (Wildman–Crippen LogP) is 1.52. The van der Waals surface area contributed by atoms with E-state index in [2.05, 4.69) is 10.3 Å². The lowest BCUT2D eigenvalue weighted by atomic mass is 10.2. The summed E-state index contributed by atoms with van der Waals surface area (Å²) in [6.45, 7) is 2.57. The molecule has 1 fully saturated rings. The Balaban J connectivity index is 2.21. The standard InChI is InChI=1S/C10H11F3N3/c11-10(12,13)8-1-2-15-9(7-8)16-5-3-14-4-6-16/h1-2,7H,3-6H2. The van der Waals surface area contributed by atoms with Crippen molar-refractivity contribution >= 4 is 5.82 Å². The first-order chi connectivity index (χ1) is 7.57. The third-order valence-electron chi connectivity index (χ3n) is 2.45. The molecule has 1 aromatic rings. The molecule has 0 atom stereocenters. The highest BCUT2D eigenvalue weighted by Gasteiger charge is 2.31. The molecule has 0 bridgehead atoms. The van der Waals surface area contributed by atoms with E-state index in [0.717, 1.165) is 12.1 Å². The highest BCUT2D eigenvalue weighted by Crippen LogP contribution is 2.30. The molecule has 0 unspecified atom stereocenters. The molecular formula is C10H11F3N3. The van der Waals surface area contributed by atoms with Gasteiger partial charge in [-0.1, -0.05) is 0 Å². The summed E-state index contributed by atoms with van der Waals surface area (Å²) in [4.78, 5) is 5.78. The Kier molecular flexibility index (Phi) is 3.00. The second-order valence-corrected chi connectivity index (χ2v) is 3.56. The van der Waals surface area contributed by atoms with Crippen LogP contribution in [-0.4, -0.2) is 31.2 Å². The zero-order valence-corrected chi connectivity index (χ0v) is 8.54. The maximum atomic E-state index is 12.5. The third kappa shape index (κ3) is 2.44. The summed E-state index contributed by atoms with van der Waals surface area (Å²) in [6, 6.07) is 2.07. The molecule has 1 aliphatic heterocycles. The van der Waals surface area contributed by atoms with Gasteiger partial charge in [0.25, 0.3) is 0 Å². The topological polar surface area (TPSA) is 30.2 Å². The number of nitrogens with zero attached hydrogens (tertiary/aromatic N) is 3. The van der Waals surface area contributed by atoms with Crippen molar-refractivity contribution in [1.29, 1.82) is 0 Å². The largest absolute Gasteiger partial charge is 0.416 e. The maximum Gasteiger partial charge on any atom is 0.416 e. The zero-order chi connectivity index (χ0) is 11.6. The third-order valence-corrected chi connectivity index (χ3v) is 2.45. The van der Waals surface area contributed by atoms with E-state index in [9.17, 15) is 13.2 Å². The van der Waals surface area contributed by atoms with Crippen LogP contribution in [0.25, 0.3) is 0 Å². The Morgan fingerprint density at radius 1 is 1.19 bits per heavy atom. The number of halogens is 3. The number of piperazine rings is 1. The van der Waals surface area contributed by atoms with Crippen molar-refractivity contribution in [3.05, 3.63) is 23.9 Å². The lowest BCUT2D eigenvalue weighted by molar-refractivity contribution is -0.137. The summed E-state index contributed by atoms with van der Waals surface area (Å²) < 4.78 is 37.4. The highest BCUT2D eigenvalue weighted by atomic mass is 19.4. The second kappa shape index (κ2) is 4.29. The molecule has 87 valence electrons. The predicted molar refractivity (Wildman–Crippen MR) is 53.3 cm³/mol. The molecule has 1 radical (unpaired) electrons. The lowest BCUT2D eigenvalue weighted by Crippen LogP contribution is -2.40. The number of hydrogen-bond acceptors (Lipinski definition) is 2. The molecule has 6 heteroatoms. The Morgan fingerprint density at radius 3 is 2.50 bits per heavy atom. The number of aromatic nitrogens is 1. The Bertz CT molecular complexity index is 359. The Hall–Kier alpha value is -1.30. The first kappa shape index (κ1) is 11.2. The summed E-state index contributed by atoms with van der Waals surface area (Å²) >= 11 is 0. The van der Waals surface area contributed by atoms with E-state index in [1.807, 2.05) is 4.90 Å². The van der Waals surface area contributed by atoms with Crippen molar-refractivity contribution in [1.82, 2.24) is 10.3 Å².